The first-order chi connectivity index (χ1) is 8.18. The van der Waals surface area contributed by atoms with Crippen LogP contribution in [0.1, 0.15) is 17.0 Å². The quantitative estimate of drug-likeness (QED) is 0.587. The van der Waals surface area contributed by atoms with Crippen molar-refractivity contribution >= 4 is 11.7 Å². The zero-order chi connectivity index (χ0) is 12.3. The van der Waals surface area contributed by atoms with E-state index in [0.29, 0.717) is 26.3 Å². The molecule has 0 saturated carbocycles. The Balaban J connectivity index is 2.09. The van der Waals surface area contributed by atoms with E-state index in [1.54, 1.807) is 4.90 Å². The van der Waals surface area contributed by atoms with Crippen molar-refractivity contribution < 1.29 is 14.5 Å². The number of amides is 1. The Hall–Kier alpha value is -1.96. The second-order valence-corrected chi connectivity index (χ2v) is 3.62. The Morgan fingerprint density at radius 2 is 2.35 bits per heavy atom. The summed E-state index contributed by atoms with van der Waals surface area (Å²) in [4.78, 5) is 29.5. The average Bonchev–Trinajstić information content (AvgIpc) is 2.65. The van der Waals surface area contributed by atoms with Gasteiger partial charge in [-0.05, 0) is 16.3 Å². The number of imidazole rings is 1. The summed E-state index contributed by atoms with van der Waals surface area (Å²) in [5, 5.41) is 10.4. The number of aromatic nitrogens is 2. The van der Waals surface area contributed by atoms with E-state index in [1.807, 2.05) is 0 Å². The number of carbonyl (C=O) groups is 1. The van der Waals surface area contributed by atoms with E-state index < -0.39 is 4.92 Å². The second-order valence-electron chi connectivity index (χ2n) is 3.62. The maximum absolute atomic E-state index is 11.9. The van der Waals surface area contributed by atoms with Gasteiger partial charge in [0.1, 0.15) is 6.20 Å². The Bertz CT molecular complexity index is 422. The first kappa shape index (κ1) is 11.5. The summed E-state index contributed by atoms with van der Waals surface area (Å²) < 4.78 is 5.22. The zero-order valence-corrected chi connectivity index (χ0v) is 9.09. The first-order valence-electron chi connectivity index (χ1n) is 5.25. The maximum Gasteiger partial charge on any atom is 0.382 e. The molecule has 0 spiro atoms. The fourth-order valence-electron chi connectivity index (χ4n) is 1.61. The van der Waals surface area contributed by atoms with Gasteiger partial charge >= 0.3 is 17.5 Å². The molecule has 2 rings (SSSR count). The lowest BCUT2D eigenvalue weighted by atomic mass is 10.4. The molecule has 1 aromatic rings. The molecule has 2 heterocycles. The van der Waals surface area contributed by atoms with Gasteiger partial charge < -0.3 is 24.7 Å². The van der Waals surface area contributed by atoms with E-state index in [2.05, 4.69) is 9.97 Å². The third kappa shape index (κ3) is 2.59. The van der Waals surface area contributed by atoms with Crippen LogP contribution in [0.2, 0.25) is 0 Å². The molecule has 8 nitrogen and oxygen atoms in total. The van der Waals surface area contributed by atoms with Gasteiger partial charge in [0.05, 0.1) is 6.61 Å². The minimum absolute atomic E-state index is 0.00130. The van der Waals surface area contributed by atoms with Crippen molar-refractivity contribution in [1.29, 1.82) is 0 Å². The largest absolute Gasteiger partial charge is 0.382 e. The topological polar surface area (TPSA) is 101 Å². The predicted molar refractivity (Wildman–Crippen MR) is 56.6 cm³/mol. The number of hydrogen-bond acceptors (Lipinski definition) is 5. The molecule has 0 unspecified atom stereocenters. The zero-order valence-electron chi connectivity index (χ0n) is 9.09. The van der Waals surface area contributed by atoms with Gasteiger partial charge in [0.15, 0.2) is 0 Å². The van der Waals surface area contributed by atoms with E-state index in [9.17, 15) is 14.9 Å². The fraction of sp³-hybridized carbons (Fsp3) is 0.556. The number of rotatable bonds is 2. The standard InChI is InChI=1S/C9H12N4O4/c14-9(12-2-1-4-17-5-3-12)8-10-6-7(11-8)13(15)16/h6H,1-5H2,(H,10,11). The number of ether oxygens (including phenoxy) is 1. The molecule has 0 atom stereocenters. The summed E-state index contributed by atoms with van der Waals surface area (Å²) >= 11 is 0. The van der Waals surface area contributed by atoms with Crippen LogP contribution in [-0.4, -0.2) is 52.0 Å². The number of hydrogen-bond donors (Lipinski definition) is 1. The van der Waals surface area contributed by atoms with Gasteiger partial charge in [0, 0.05) is 19.7 Å². The minimum Gasteiger partial charge on any atom is -0.380 e. The van der Waals surface area contributed by atoms with Crippen LogP contribution >= 0.6 is 0 Å². The minimum atomic E-state index is -0.640. The number of nitrogens with one attached hydrogen (secondary N) is 1. The van der Waals surface area contributed by atoms with Crippen LogP contribution in [0.5, 0.6) is 0 Å². The van der Waals surface area contributed by atoms with Gasteiger partial charge in [0.2, 0.25) is 0 Å². The number of aromatic amines is 1. The Morgan fingerprint density at radius 3 is 3.06 bits per heavy atom. The van der Waals surface area contributed by atoms with Crippen molar-refractivity contribution in [2.75, 3.05) is 26.3 Å². The van der Waals surface area contributed by atoms with E-state index in [0.717, 1.165) is 12.6 Å². The molecular weight excluding hydrogens is 228 g/mol. The van der Waals surface area contributed by atoms with Crippen molar-refractivity contribution in [3.05, 3.63) is 22.1 Å². The molecule has 8 heteroatoms. The molecule has 1 aromatic heterocycles. The van der Waals surface area contributed by atoms with E-state index in [4.69, 9.17) is 4.74 Å². The predicted octanol–water partition coefficient (Wildman–Crippen LogP) is 0.180. The molecule has 1 N–H and O–H groups in total. The SMILES string of the molecule is O=C(c1nc([N+](=O)[O-])c[nH]1)N1CCCOCC1. The molecule has 0 bridgehead atoms. The van der Waals surface area contributed by atoms with Crippen LogP contribution in [0, 0.1) is 10.1 Å². The lowest BCUT2D eigenvalue weighted by molar-refractivity contribution is -0.389. The van der Waals surface area contributed by atoms with Crippen LogP contribution in [0.25, 0.3) is 0 Å². The third-order valence-corrected chi connectivity index (χ3v) is 2.46. The Labute approximate surface area is 96.7 Å². The monoisotopic (exact) mass is 240 g/mol. The van der Waals surface area contributed by atoms with Gasteiger partial charge in [0.25, 0.3) is 0 Å². The van der Waals surface area contributed by atoms with E-state index >= 15 is 0 Å². The summed E-state index contributed by atoms with van der Waals surface area (Å²) in [6, 6.07) is 0. The molecule has 1 fully saturated rings. The fourth-order valence-corrected chi connectivity index (χ4v) is 1.61. The van der Waals surface area contributed by atoms with Gasteiger partial charge in [-0.25, -0.2) is 0 Å². The molecule has 1 saturated heterocycles. The van der Waals surface area contributed by atoms with Gasteiger partial charge in [-0.1, -0.05) is 0 Å². The summed E-state index contributed by atoms with van der Waals surface area (Å²) in [6.45, 7) is 2.16. The first-order valence-corrected chi connectivity index (χ1v) is 5.25. The molecule has 0 aliphatic carbocycles. The highest BCUT2D eigenvalue weighted by atomic mass is 16.6. The van der Waals surface area contributed by atoms with Crippen molar-refractivity contribution in [3.8, 4) is 0 Å². The molecule has 1 aliphatic rings. The highest BCUT2D eigenvalue weighted by molar-refractivity contribution is 5.90. The third-order valence-electron chi connectivity index (χ3n) is 2.46. The lowest BCUT2D eigenvalue weighted by Gasteiger charge is -2.16. The van der Waals surface area contributed by atoms with Crippen LogP contribution in [0.4, 0.5) is 5.82 Å². The summed E-state index contributed by atoms with van der Waals surface area (Å²) in [5.74, 6) is -0.679. The summed E-state index contributed by atoms with van der Waals surface area (Å²) in [7, 11) is 0. The van der Waals surface area contributed by atoms with Gasteiger partial charge in [-0.15, -0.1) is 0 Å². The van der Waals surface area contributed by atoms with Crippen LogP contribution in [0.3, 0.4) is 0 Å². The lowest BCUT2D eigenvalue weighted by Crippen LogP contribution is -2.33. The van der Waals surface area contributed by atoms with E-state index in [-0.39, 0.29) is 17.5 Å². The van der Waals surface area contributed by atoms with Crippen molar-refractivity contribution in [1.82, 2.24) is 14.9 Å². The average molecular weight is 240 g/mol. The summed E-state index contributed by atoms with van der Waals surface area (Å²) in [5.41, 5.74) is 0. The van der Waals surface area contributed by atoms with Crippen molar-refractivity contribution in [3.63, 3.8) is 0 Å². The van der Waals surface area contributed by atoms with Crippen LogP contribution < -0.4 is 0 Å². The number of nitro groups is 1. The molecule has 92 valence electrons. The normalized spacial score (nSPS) is 16.6. The Morgan fingerprint density at radius 1 is 1.53 bits per heavy atom. The molecule has 17 heavy (non-hydrogen) atoms. The highest BCUT2D eigenvalue weighted by Gasteiger charge is 2.25. The molecule has 1 aliphatic heterocycles. The Kier molecular flexibility index (Phi) is 3.33. The smallest absolute Gasteiger partial charge is 0.380 e. The molecular formula is C9H12N4O4. The number of carbonyl (C=O) groups excluding carboxylic acids is 1. The molecule has 0 radical (unpaired) electrons. The van der Waals surface area contributed by atoms with Gasteiger partial charge in [-0.2, -0.15) is 0 Å². The van der Waals surface area contributed by atoms with Crippen molar-refractivity contribution in [2.24, 2.45) is 0 Å². The number of H-pyrrole nitrogens is 1. The second kappa shape index (κ2) is 4.91. The van der Waals surface area contributed by atoms with Crippen LogP contribution in [-0.2, 0) is 4.74 Å². The molecule has 0 aromatic carbocycles. The van der Waals surface area contributed by atoms with E-state index in [1.165, 1.54) is 0 Å². The summed E-state index contributed by atoms with van der Waals surface area (Å²) in [6.07, 6.45) is 1.87. The maximum atomic E-state index is 11.9. The highest BCUT2D eigenvalue weighted by Crippen LogP contribution is 2.09. The number of nitrogens with zero attached hydrogens (tertiary/aromatic N) is 3. The van der Waals surface area contributed by atoms with Crippen LogP contribution in [0.15, 0.2) is 6.20 Å². The molecule has 1 amide bonds. The van der Waals surface area contributed by atoms with Gasteiger partial charge in [-0.3, -0.25) is 4.79 Å². The van der Waals surface area contributed by atoms with Crippen molar-refractivity contribution in [2.45, 2.75) is 6.42 Å².